The molecule has 0 aromatic heterocycles. The average Bonchev–Trinajstić information content (AvgIpc) is 1.88. The van der Waals surface area contributed by atoms with E-state index >= 15 is 0 Å². The molecule has 0 spiro atoms. The fourth-order valence-corrected chi connectivity index (χ4v) is 1.20. The fraction of sp³-hybridized carbons (Fsp3) is 1.00. The molecule has 0 aliphatic rings. The fourth-order valence-electron chi connectivity index (χ4n) is 0.800. The van der Waals surface area contributed by atoms with Gasteiger partial charge in [0, 0.05) is 0 Å². The smallest absolute Gasteiger partial charge is 0.161 e. The van der Waals surface area contributed by atoms with E-state index in [2.05, 4.69) is 6.92 Å². The van der Waals surface area contributed by atoms with Crippen molar-refractivity contribution in [2.24, 2.45) is 0 Å². The second kappa shape index (κ2) is 5.82. The molecule has 0 radical (unpaired) electrons. The average molecular weight is 163 g/mol. The van der Waals surface area contributed by atoms with E-state index in [-0.39, 0.29) is 5.66 Å². The van der Waals surface area contributed by atoms with Crippen LogP contribution in [-0.2, 0) is 4.57 Å². The highest BCUT2D eigenvalue weighted by molar-refractivity contribution is 7.38. The van der Waals surface area contributed by atoms with Gasteiger partial charge in [0.1, 0.15) is 0 Å². The van der Waals surface area contributed by atoms with E-state index in [0.717, 1.165) is 12.8 Å². The molecule has 1 N–H and O–H groups in total. The molecule has 0 fully saturated rings. The number of rotatable bonds is 5. The Labute approximate surface area is 63.5 Å². The summed E-state index contributed by atoms with van der Waals surface area (Å²) in [5.41, 5.74) is -0.0125. The normalized spacial score (nSPS) is 14.9. The largest absolute Gasteiger partial charge is 0.508 e. The highest BCUT2D eigenvalue weighted by Gasteiger charge is 2.21. The molecule has 60 valence electrons. The lowest BCUT2D eigenvalue weighted by Gasteiger charge is -1.95. The van der Waals surface area contributed by atoms with E-state index in [4.69, 9.17) is 4.89 Å². The Balaban J connectivity index is 3.21. The predicted octanol–water partition coefficient (Wildman–Crippen LogP) is 2.69. The molecule has 0 aromatic rings. The van der Waals surface area contributed by atoms with Gasteiger partial charge in [-0.05, 0) is 24.3 Å². The topological polar surface area (TPSA) is 37.3 Å². The summed E-state index contributed by atoms with van der Waals surface area (Å²) in [6.45, 7) is 3.96. The van der Waals surface area contributed by atoms with Crippen LogP contribution in [0.25, 0.3) is 0 Å². The molecule has 2 unspecified atom stereocenters. The molecule has 0 amide bonds. The van der Waals surface area contributed by atoms with Gasteiger partial charge in [-0.3, -0.25) is 0 Å². The van der Waals surface area contributed by atoms with E-state index in [1.165, 1.54) is 12.8 Å². The Morgan fingerprint density at radius 3 is 2.50 bits per heavy atom. The van der Waals surface area contributed by atoms with Crippen LogP contribution in [0, 0.1) is 0 Å². The maximum absolute atomic E-state index is 10.4. The van der Waals surface area contributed by atoms with Crippen molar-refractivity contribution in [2.45, 2.75) is 45.2 Å². The summed E-state index contributed by atoms with van der Waals surface area (Å²) in [6, 6.07) is 0. The molecule has 0 bridgehead atoms. The Hall–Kier alpha value is 0.0600. The Kier molecular flexibility index (Phi) is 5.85. The van der Waals surface area contributed by atoms with Crippen molar-refractivity contribution in [3.8, 4) is 0 Å². The molecule has 2 atom stereocenters. The Bertz CT molecular complexity index is 104. The second-order valence-electron chi connectivity index (χ2n) is 2.65. The molecule has 0 saturated carbocycles. The van der Waals surface area contributed by atoms with Crippen molar-refractivity contribution in [3.05, 3.63) is 0 Å². The molecule has 0 aliphatic carbocycles. The van der Waals surface area contributed by atoms with Crippen LogP contribution in [0.1, 0.15) is 39.5 Å². The molecule has 3 heteroatoms. The van der Waals surface area contributed by atoms with Gasteiger partial charge in [0.25, 0.3) is 0 Å². The van der Waals surface area contributed by atoms with Crippen LogP contribution in [-0.4, -0.2) is 10.6 Å². The third kappa shape index (κ3) is 4.89. The minimum Gasteiger partial charge on any atom is -0.161 e. The van der Waals surface area contributed by atoms with Crippen LogP contribution >= 0.6 is 8.03 Å². The van der Waals surface area contributed by atoms with E-state index < -0.39 is 8.03 Å². The van der Waals surface area contributed by atoms with Crippen LogP contribution < -0.4 is 0 Å². The van der Waals surface area contributed by atoms with Gasteiger partial charge in [-0.15, -0.1) is 0 Å². The first-order valence-corrected chi connectivity index (χ1v) is 5.12. The predicted molar refractivity (Wildman–Crippen MR) is 43.4 cm³/mol. The first-order chi connectivity index (χ1) is 4.68. The van der Waals surface area contributed by atoms with Crippen molar-refractivity contribution in [2.75, 3.05) is 0 Å². The lowest BCUT2D eigenvalue weighted by molar-refractivity contribution is 0.484. The molecule has 10 heavy (non-hydrogen) atoms. The second-order valence-corrected chi connectivity index (χ2v) is 4.13. The highest BCUT2D eigenvalue weighted by Crippen LogP contribution is 2.26. The first kappa shape index (κ1) is 10.1. The number of hydrogen-bond donors (Lipinski definition) is 1. The van der Waals surface area contributed by atoms with Crippen molar-refractivity contribution in [1.29, 1.82) is 0 Å². The van der Waals surface area contributed by atoms with Crippen LogP contribution in [0.15, 0.2) is 0 Å². The van der Waals surface area contributed by atoms with E-state index in [1.54, 1.807) is 0 Å². The first-order valence-electron chi connectivity index (χ1n) is 3.83. The molecule has 0 heterocycles. The summed E-state index contributed by atoms with van der Waals surface area (Å²) in [4.78, 5) is 8.63. The van der Waals surface area contributed by atoms with Gasteiger partial charge in [0.05, 0.1) is 0 Å². The van der Waals surface area contributed by atoms with Crippen molar-refractivity contribution < 1.29 is 9.46 Å². The van der Waals surface area contributed by atoms with Gasteiger partial charge in [-0.2, -0.15) is 4.89 Å². The third-order valence-electron chi connectivity index (χ3n) is 1.60. The summed E-state index contributed by atoms with van der Waals surface area (Å²) in [5.74, 6) is 0. The molecule has 2 nitrogen and oxygen atoms in total. The lowest BCUT2D eigenvalue weighted by atomic mass is 10.2. The minimum absolute atomic E-state index is 0.0125. The van der Waals surface area contributed by atoms with Gasteiger partial charge in [0.15, 0.2) is 5.66 Å². The zero-order valence-corrected chi connectivity index (χ0v) is 7.60. The molecule has 0 saturated heterocycles. The Morgan fingerprint density at radius 1 is 1.50 bits per heavy atom. The summed E-state index contributed by atoms with van der Waals surface area (Å²) < 4.78 is 10.4. The molecule has 0 aliphatic heterocycles. The van der Waals surface area contributed by atoms with Crippen LogP contribution in [0.5, 0.6) is 0 Å². The van der Waals surface area contributed by atoms with Crippen LogP contribution in [0.3, 0.4) is 0 Å². The van der Waals surface area contributed by atoms with Gasteiger partial charge in [-0.25, -0.2) is 0 Å². The van der Waals surface area contributed by atoms with E-state index in [9.17, 15) is 4.57 Å². The maximum atomic E-state index is 10.4. The van der Waals surface area contributed by atoms with Crippen molar-refractivity contribution >= 4 is 8.03 Å². The van der Waals surface area contributed by atoms with E-state index in [1.807, 2.05) is 6.92 Å². The quantitative estimate of drug-likeness (QED) is 0.499. The van der Waals surface area contributed by atoms with Crippen LogP contribution in [0.2, 0.25) is 0 Å². The van der Waals surface area contributed by atoms with Crippen molar-refractivity contribution in [3.63, 3.8) is 0 Å². The van der Waals surface area contributed by atoms with Gasteiger partial charge >= 0.3 is 8.03 Å². The summed E-state index contributed by atoms with van der Waals surface area (Å²) in [5, 5.41) is 0. The Morgan fingerprint density at radius 2 is 2.10 bits per heavy atom. The van der Waals surface area contributed by atoms with E-state index in [0.29, 0.717) is 0 Å². The monoisotopic (exact) mass is 163 g/mol. The van der Waals surface area contributed by atoms with Gasteiger partial charge < -0.3 is 0 Å². The van der Waals surface area contributed by atoms with Crippen molar-refractivity contribution in [1.82, 2.24) is 0 Å². The number of unbranched alkanes of at least 4 members (excludes halogenated alkanes) is 2. The summed E-state index contributed by atoms with van der Waals surface area (Å²) >= 11 is 0. The zero-order valence-electron chi connectivity index (χ0n) is 6.71. The molecular weight excluding hydrogens is 147 g/mol. The summed E-state index contributed by atoms with van der Waals surface area (Å²) in [7, 11) is -1.93. The summed E-state index contributed by atoms with van der Waals surface area (Å²) in [6.07, 6.45) is 4.32. The molecule has 0 aromatic carbocycles. The molecule has 0 rings (SSSR count). The lowest BCUT2D eigenvalue weighted by Crippen LogP contribution is -1.94. The maximum Gasteiger partial charge on any atom is 0.508 e. The highest BCUT2D eigenvalue weighted by atomic mass is 31.1. The standard InChI is InChI=1S/C7H15O2P/c1-3-4-5-6-7(2)10(8)9/h7H,3-6H2,1-2H3/p+1. The zero-order chi connectivity index (χ0) is 7.98. The molecular formula is C7H16O2P+. The van der Waals surface area contributed by atoms with Gasteiger partial charge in [-0.1, -0.05) is 19.8 Å². The SMILES string of the molecule is CCCCCC(C)[P+](=O)O. The van der Waals surface area contributed by atoms with Gasteiger partial charge in [0.2, 0.25) is 0 Å². The number of hydrogen-bond acceptors (Lipinski definition) is 1. The van der Waals surface area contributed by atoms with Crippen LogP contribution in [0.4, 0.5) is 0 Å². The minimum atomic E-state index is -1.93. The third-order valence-corrected chi connectivity index (χ3v) is 2.61.